The zero-order valence-electron chi connectivity index (χ0n) is 16.2. The third-order valence-corrected chi connectivity index (χ3v) is 3.67. The predicted octanol–water partition coefficient (Wildman–Crippen LogP) is 2.41. The molecule has 1 rings (SSSR count). The van der Waals surface area contributed by atoms with E-state index in [4.69, 9.17) is 0 Å². The minimum atomic E-state index is -0.784. The van der Waals surface area contributed by atoms with Crippen LogP contribution in [0.3, 0.4) is 0 Å². The molecule has 1 N–H and O–H groups in total. The summed E-state index contributed by atoms with van der Waals surface area (Å²) in [6, 6.07) is -0.245. The van der Waals surface area contributed by atoms with Crippen LogP contribution in [0.4, 0.5) is 4.39 Å². The molecule has 0 aliphatic rings. The third kappa shape index (κ3) is 5.98. The van der Waals surface area contributed by atoms with Crippen molar-refractivity contribution in [1.29, 1.82) is 0 Å². The van der Waals surface area contributed by atoms with Crippen molar-refractivity contribution in [3.63, 3.8) is 0 Å². The lowest BCUT2D eigenvalue weighted by molar-refractivity contribution is -0.128. The molecule has 9 heteroatoms. The van der Waals surface area contributed by atoms with E-state index in [1.165, 1.54) is 25.5 Å². The maximum absolute atomic E-state index is 14.0. The summed E-state index contributed by atoms with van der Waals surface area (Å²) in [5.74, 6) is -0.731. The topological polar surface area (TPSA) is 87.8 Å². The monoisotopic (exact) mass is 375 g/mol. The van der Waals surface area contributed by atoms with Gasteiger partial charge in [0.2, 0.25) is 5.96 Å². The Labute approximate surface area is 158 Å². The first-order chi connectivity index (χ1) is 12.9. The highest BCUT2D eigenvalue weighted by Crippen LogP contribution is 2.21. The second-order valence-corrected chi connectivity index (χ2v) is 5.54. The standard InChI is InChI=1S/C18H26FN7O/c1-7-20-18(21-8-2)22-12-13(4)25(9-3)17(27)14(5)16(15(6)19)26-23-10-11-24-26/h7-8,10-11,13H,1,6,9,12H2,2-5H3,(H,20,22)/b16-14-,21-8?/t13-/m0/s1. The van der Waals surface area contributed by atoms with Gasteiger partial charge in [-0.3, -0.25) is 4.79 Å². The number of amides is 1. The Bertz CT molecular complexity index is 750. The number of likely N-dealkylation sites (N-methyl/N-ethyl adjacent to an activating group) is 1. The highest BCUT2D eigenvalue weighted by Gasteiger charge is 2.24. The van der Waals surface area contributed by atoms with Crippen molar-refractivity contribution in [3.8, 4) is 0 Å². The molecule has 0 radical (unpaired) electrons. The number of carbonyl (C=O) groups excluding carboxylic acids is 1. The zero-order valence-corrected chi connectivity index (χ0v) is 16.2. The number of rotatable bonds is 8. The second kappa shape index (κ2) is 10.8. The number of carbonyl (C=O) groups is 1. The van der Waals surface area contributed by atoms with Crippen LogP contribution < -0.4 is 5.32 Å². The molecule has 146 valence electrons. The maximum atomic E-state index is 14.0. The molecule has 27 heavy (non-hydrogen) atoms. The lowest BCUT2D eigenvalue weighted by atomic mass is 10.1. The molecule has 1 aromatic rings. The van der Waals surface area contributed by atoms with Gasteiger partial charge in [0.1, 0.15) is 11.5 Å². The van der Waals surface area contributed by atoms with E-state index < -0.39 is 5.83 Å². The molecule has 1 amide bonds. The Morgan fingerprint density at radius 1 is 1.44 bits per heavy atom. The van der Waals surface area contributed by atoms with Crippen molar-refractivity contribution in [2.45, 2.75) is 33.7 Å². The molecule has 0 unspecified atom stereocenters. The van der Waals surface area contributed by atoms with Gasteiger partial charge in [-0.1, -0.05) is 13.2 Å². The van der Waals surface area contributed by atoms with Gasteiger partial charge >= 0.3 is 0 Å². The molecule has 0 spiro atoms. The minimum Gasteiger partial charge on any atom is -0.335 e. The van der Waals surface area contributed by atoms with Gasteiger partial charge in [0, 0.05) is 24.4 Å². The van der Waals surface area contributed by atoms with E-state index in [0.717, 1.165) is 4.80 Å². The van der Waals surface area contributed by atoms with E-state index in [9.17, 15) is 9.18 Å². The lowest BCUT2D eigenvalue weighted by Gasteiger charge is -2.28. The van der Waals surface area contributed by atoms with Crippen molar-refractivity contribution in [2.24, 2.45) is 9.98 Å². The summed E-state index contributed by atoms with van der Waals surface area (Å²) < 4.78 is 14.0. The Balaban J connectivity index is 3.10. The third-order valence-electron chi connectivity index (χ3n) is 3.67. The van der Waals surface area contributed by atoms with Gasteiger partial charge in [0.15, 0.2) is 0 Å². The molecule has 0 saturated carbocycles. The normalized spacial score (nSPS) is 13.9. The van der Waals surface area contributed by atoms with Crippen LogP contribution in [0.5, 0.6) is 0 Å². The molecule has 1 aromatic heterocycles. The summed E-state index contributed by atoms with van der Waals surface area (Å²) in [5.41, 5.74) is 0.0937. The average Bonchev–Trinajstić information content (AvgIpc) is 3.14. The van der Waals surface area contributed by atoms with Crippen molar-refractivity contribution in [3.05, 3.63) is 43.2 Å². The number of hydrogen-bond acceptors (Lipinski definition) is 4. The Morgan fingerprint density at radius 3 is 2.56 bits per heavy atom. The molecule has 0 bridgehead atoms. The number of halogens is 1. The van der Waals surface area contributed by atoms with E-state index in [1.54, 1.807) is 18.0 Å². The van der Waals surface area contributed by atoms with Crippen LogP contribution in [0.15, 0.2) is 53.1 Å². The van der Waals surface area contributed by atoms with Crippen LogP contribution in [0.25, 0.3) is 5.70 Å². The van der Waals surface area contributed by atoms with Gasteiger partial charge in [-0.2, -0.15) is 10.2 Å². The molecule has 1 atom stereocenters. The number of hydrogen-bond donors (Lipinski definition) is 1. The van der Waals surface area contributed by atoms with Crippen molar-refractivity contribution < 1.29 is 9.18 Å². The SMILES string of the molecule is C=CNC(N=CC)=NC[C@H](C)N(CC)C(=O)/C(C)=C(/C(=C)F)n1nccn1. The number of guanidine groups is 1. The van der Waals surface area contributed by atoms with E-state index in [0.29, 0.717) is 19.0 Å². The Hall–Kier alpha value is -3.10. The van der Waals surface area contributed by atoms with Crippen LogP contribution in [-0.2, 0) is 4.79 Å². The first kappa shape index (κ1) is 21.9. The molecular weight excluding hydrogens is 349 g/mol. The highest BCUT2D eigenvalue weighted by atomic mass is 19.1. The quantitative estimate of drug-likeness (QED) is 0.327. The number of aromatic nitrogens is 3. The molecule has 0 aliphatic carbocycles. The fourth-order valence-corrected chi connectivity index (χ4v) is 2.42. The molecule has 1 heterocycles. The summed E-state index contributed by atoms with van der Waals surface area (Å²) in [7, 11) is 0. The van der Waals surface area contributed by atoms with Crippen LogP contribution >= 0.6 is 0 Å². The molecule has 0 aliphatic heterocycles. The number of nitrogens with one attached hydrogen (secondary N) is 1. The minimum absolute atomic E-state index is 0.0660. The molecule has 8 nitrogen and oxygen atoms in total. The van der Waals surface area contributed by atoms with Gasteiger partial charge in [0.25, 0.3) is 5.91 Å². The van der Waals surface area contributed by atoms with Gasteiger partial charge in [-0.05, 0) is 33.9 Å². The predicted molar refractivity (Wildman–Crippen MR) is 106 cm³/mol. The van der Waals surface area contributed by atoms with Crippen molar-refractivity contribution in [2.75, 3.05) is 13.1 Å². The van der Waals surface area contributed by atoms with E-state index >= 15 is 0 Å². The number of aliphatic imine (C=N–C) groups is 2. The number of nitrogens with zero attached hydrogens (tertiary/aromatic N) is 6. The van der Waals surface area contributed by atoms with E-state index in [-0.39, 0.29) is 23.2 Å². The fourth-order valence-electron chi connectivity index (χ4n) is 2.42. The summed E-state index contributed by atoms with van der Waals surface area (Å²) in [6.45, 7) is 14.6. The Kier molecular flexibility index (Phi) is 8.77. The first-order valence-corrected chi connectivity index (χ1v) is 8.51. The van der Waals surface area contributed by atoms with E-state index in [1.807, 2.05) is 13.8 Å². The summed E-state index contributed by atoms with van der Waals surface area (Å²) >= 11 is 0. The fraction of sp³-hybridized carbons (Fsp3) is 0.389. The Morgan fingerprint density at radius 2 is 2.07 bits per heavy atom. The van der Waals surface area contributed by atoms with Gasteiger partial charge in [0.05, 0.1) is 18.9 Å². The van der Waals surface area contributed by atoms with E-state index in [2.05, 4.69) is 38.7 Å². The molecule has 0 fully saturated rings. The zero-order chi connectivity index (χ0) is 20.4. The first-order valence-electron chi connectivity index (χ1n) is 8.51. The van der Waals surface area contributed by atoms with Crippen molar-refractivity contribution >= 4 is 23.8 Å². The second-order valence-electron chi connectivity index (χ2n) is 5.54. The smallest absolute Gasteiger partial charge is 0.252 e. The van der Waals surface area contributed by atoms with Crippen LogP contribution in [0, 0.1) is 0 Å². The molecule has 0 saturated heterocycles. The van der Waals surface area contributed by atoms with Gasteiger partial charge < -0.3 is 10.2 Å². The lowest BCUT2D eigenvalue weighted by Crippen LogP contribution is -2.41. The summed E-state index contributed by atoms with van der Waals surface area (Å²) in [5, 5.41) is 10.6. The maximum Gasteiger partial charge on any atom is 0.252 e. The summed E-state index contributed by atoms with van der Waals surface area (Å²) in [6.07, 6.45) is 5.88. The van der Waals surface area contributed by atoms with Crippen LogP contribution in [0.1, 0.15) is 27.7 Å². The van der Waals surface area contributed by atoms with Gasteiger partial charge in [-0.15, -0.1) is 4.80 Å². The molecular formula is C18H26FN7O. The average molecular weight is 375 g/mol. The van der Waals surface area contributed by atoms with Gasteiger partial charge in [-0.25, -0.2) is 14.4 Å². The molecule has 0 aromatic carbocycles. The highest BCUT2D eigenvalue weighted by molar-refractivity contribution is 6.00. The van der Waals surface area contributed by atoms with Crippen molar-refractivity contribution in [1.82, 2.24) is 25.2 Å². The van der Waals surface area contributed by atoms with Crippen LogP contribution in [-0.4, -0.2) is 57.1 Å². The largest absolute Gasteiger partial charge is 0.335 e. The summed E-state index contributed by atoms with van der Waals surface area (Å²) in [4.78, 5) is 24.0. The van der Waals surface area contributed by atoms with Crippen LogP contribution in [0.2, 0.25) is 0 Å². The number of allylic oxidation sites excluding steroid dienone is 2.